The standard InChI is InChI=1S/C4H3Cl3O2/c5-4(6,7)3(8)2-1-9-2/h2H,1H2. The Morgan fingerprint density at radius 2 is 2.00 bits per heavy atom. The first-order chi connectivity index (χ1) is 4.02. The van der Waals surface area contributed by atoms with Crippen LogP contribution in [0.15, 0.2) is 0 Å². The molecule has 0 saturated carbocycles. The molecule has 52 valence electrons. The highest BCUT2D eigenvalue weighted by atomic mass is 35.6. The largest absolute Gasteiger partial charge is 0.365 e. The van der Waals surface area contributed by atoms with Crippen LogP contribution in [0.5, 0.6) is 0 Å². The monoisotopic (exact) mass is 188 g/mol. The molecular weight excluding hydrogens is 186 g/mol. The molecule has 1 atom stereocenters. The van der Waals surface area contributed by atoms with E-state index in [0.717, 1.165) is 0 Å². The van der Waals surface area contributed by atoms with E-state index in [4.69, 9.17) is 34.8 Å². The van der Waals surface area contributed by atoms with Gasteiger partial charge in [-0.25, -0.2) is 0 Å². The maximum absolute atomic E-state index is 10.7. The Bertz CT molecular complexity index is 135. The maximum atomic E-state index is 10.7. The summed E-state index contributed by atoms with van der Waals surface area (Å²) in [4.78, 5) is 10.7. The van der Waals surface area contributed by atoms with Crippen LogP contribution in [0, 0.1) is 0 Å². The fraction of sp³-hybridized carbons (Fsp3) is 0.750. The van der Waals surface area contributed by atoms with E-state index in [1.807, 2.05) is 0 Å². The maximum Gasteiger partial charge on any atom is 0.251 e. The van der Waals surface area contributed by atoms with Crippen molar-refractivity contribution in [3.8, 4) is 0 Å². The van der Waals surface area contributed by atoms with Crippen molar-refractivity contribution in [3.05, 3.63) is 0 Å². The quantitative estimate of drug-likeness (QED) is 0.460. The van der Waals surface area contributed by atoms with Crippen LogP contribution in [-0.2, 0) is 9.53 Å². The normalized spacial score (nSPS) is 25.9. The van der Waals surface area contributed by atoms with Gasteiger partial charge in [-0.2, -0.15) is 0 Å². The third-order valence-corrected chi connectivity index (χ3v) is 1.46. The van der Waals surface area contributed by atoms with Gasteiger partial charge in [-0.15, -0.1) is 0 Å². The first kappa shape index (κ1) is 7.61. The van der Waals surface area contributed by atoms with Gasteiger partial charge in [0, 0.05) is 0 Å². The van der Waals surface area contributed by atoms with Gasteiger partial charge in [0.05, 0.1) is 6.61 Å². The Hall–Kier alpha value is 0.500. The van der Waals surface area contributed by atoms with Crippen molar-refractivity contribution in [1.82, 2.24) is 0 Å². The number of hydrogen-bond donors (Lipinski definition) is 0. The lowest BCUT2D eigenvalue weighted by Crippen LogP contribution is -2.23. The summed E-state index contributed by atoms with van der Waals surface area (Å²) < 4.78 is 2.79. The molecule has 0 radical (unpaired) electrons. The summed E-state index contributed by atoms with van der Waals surface area (Å²) in [6, 6.07) is 0. The molecule has 1 aliphatic heterocycles. The van der Waals surface area contributed by atoms with Crippen LogP contribution in [0.25, 0.3) is 0 Å². The first-order valence-corrected chi connectivity index (χ1v) is 3.38. The highest BCUT2D eigenvalue weighted by Gasteiger charge is 2.43. The summed E-state index contributed by atoms with van der Waals surface area (Å²) in [7, 11) is 0. The number of ketones is 1. The van der Waals surface area contributed by atoms with E-state index in [9.17, 15) is 4.79 Å². The van der Waals surface area contributed by atoms with Gasteiger partial charge in [0.2, 0.25) is 5.78 Å². The van der Waals surface area contributed by atoms with Crippen molar-refractivity contribution in [3.63, 3.8) is 0 Å². The molecule has 5 heteroatoms. The van der Waals surface area contributed by atoms with Crippen molar-refractivity contribution in [2.45, 2.75) is 9.90 Å². The molecule has 0 amide bonds. The molecule has 1 rings (SSSR count). The Labute approximate surface area is 67.0 Å². The van der Waals surface area contributed by atoms with Gasteiger partial charge in [-0.1, -0.05) is 34.8 Å². The number of alkyl halides is 3. The predicted molar refractivity (Wildman–Crippen MR) is 35.0 cm³/mol. The van der Waals surface area contributed by atoms with E-state index in [1.165, 1.54) is 0 Å². The van der Waals surface area contributed by atoms with Crippen molar-refractivity contribution in [2.24, 2.45) is 0 Å². The Morgan fingerprint density at radius 3 is 2.11 bits per heavy atom. The minimum atomic E-state index is -1.80. The second kappa shape index (κ2) is 2.27. The van der Waals surface area contributed by atoms with Gasteiger partial charge in [-0.3, -0.25) is 4.79 Å². The summed E-state index contributed by atoms with van der Waals surface area (Å²) in [5, 5.41) is 0. The van der Waals surface area contributed by atoms with Crippen LogP contribution in [-0.4, -0.2) is 22.3 Å². The number of halogens is 3. The molecule has 0 aromatic rings. The second-order valence-electron chi connectivity index (χ2n) is 1.68. The van der Waals surface area contributed by atoms with Crippen LogP contribution in [0.1, 0.15) is 0 Å². The highest BCUT2D eigenvalue weighted by Crippen LogP contribution is 2.32. The number of rotatable bonds is 1. The molecule has 0 aliphatic carbocycles. The fourth-order valence-corrected chi connectivity index (χ4v) is 0.747. The summed E-state index contributed by atoms with van der Waals surface area (Å²) in [6.07, 6.45) is -0.475. The summed E-state index contributed by atoms with van der Waals surface area (Å²) in [5.41, 5.74) is 0. The molecule has 0 spiro atoms. The third kappa shape index (κ3) is 1.97. The lowest BCUT2D eigenvalue weighted by molar-refractivity contribution is -0.119. The molecule has 1 unspecified atom stereocenters. The minimum absolute atomic E-state index is 0.382. The average Bonchev–Trinajstić information content (AvgIpc) is 2.40. The van der Waals surface area contributed by atoms with Gasteiger partial charge >= 0.3 is 0 Å². The van der Waals surface area contributed by atoms with Gasteiger partial charge in [-0.05, 0) is 0 Å². The molecule has 0 aromatic carbocycles. The van der Waals surface area contributed by atoms with Gasteiger partial charge < -0.3 is 4.74 Å². The van der Waals surface area contributed by atoms with Crippen LogP contribution in [0.2, 0.25) is 0 Å². The molecular formula is C4H3Cl3O2. The fourth-order valence-electron chi connectivity index (χ4n) is 0.382. The molecule has 1 aliphatic rings. The zero-order chi connectivity index (χ0) is 7.07. The molecule has 0 aromatic heterocycles. The zero-order valence-electron chi connectivity index (χ0n) is 4.23. The van der Waals surface area contributed by atoms with Crippen LogP contribution in [0.3, 0.4) is 0 Å². The SMILES string of the molecule is O=C(C1CO1)C(Cl)(Cl)Cl. The number of epoxide rings is 1. The molecule has 1 heterocycles. The molecule has 1 saturated heterocycles. The van der Waals surface area contributed by atoms with Crippen LogP contribution in [0.4, 0.5) is 0 Å². The zero-order valence-corrected chi connectivity index (χ0v) is 6.50. The molecule has 0 N–H and O–H groups in total. The smallest absolute Gasteiger partial charge is 0.251 e. The third-order valence-electron chi connectivity index (χ3n) is 0.905. The first-order valence-electron chi connectivity index (χ1n) is 2.24. The number of carbonyl (C=O) groups is 1. The van der Waals surface area contributed by atoms with E-state index in [1.54, 1.807) is 0 Å². The average molecular weight is 189 g/mol. The van der Waals surface area contributed by atoms with Crippen LogP contribution < -0.4 is 0 Å². The molecule has 2 nitrogen and oxygen atoms in total. The van der Waals surface area contributed by atoms with Gasteiger partial charge in [0.15, 0.2) is 0 Å². The van der Waals surface area contributed by atoms with E-state index in [0.29, 0.717) is 6.61 Å². The highest BCUT2D eigenvalue weighted by molar-refractivity contribution is 6.76. The number of hydrogen-bond acceptors (Lipinski definition) is 2. The summed E-state index contributed by atoms with van der Waals surface area (Å²) in [6.45, 7) is 0.382. The molecule has 1 fully saturated rings. The van der Waals surface area contributed by atoms with Crippen molar-refractivity contribution in [2.75, 3.05) is 6.61 Å². The lowest BCUT2D eigenvalue weighted by atomic mass is 10.3. The van der Waals surface area contributed by atoms with Crippen LogP contribution >= 0.6 is 34.8 Å². The van der Waals surface area contributed by atoms with Crippen molar-refractivity contribution >= 4 is 40.6 Å². The number of ether oxygens (including phenoxy) is 1. The number of carbonyl (C=O) groups excluding carboxylic acids is 1. The summed E-state index contributed by atoms with van der Waals surface area (Å²) in [5.74, 6) is -0.479. The topological polar surface area (TPSA) is 29.6 Å². The minimum Gasteiger partial charge on any atom is -0.365 e. The van der Waals surface area contributed by atoms with E-state index < -0.39 is 15.7 Å². The van der Waals surface area contributed by atoms with E-state index in [-0.39, 0.29) is 0 Å². The predicted octanol–water partition coefficient (Wildman–Crippen LogP) is 1.32. The molecule has 9 heavy (non-hydrogen) atoms. The van der Waals surface area contributed by atoms with E-state index >= 15 is 0 Å². The Balaban J connectivity index is 2.50. The molecule has 0 bridgehead atoms. The van der Waals surface area contributed by atoms with Crippen molar-refractivity contribution < 1.29 is 9.53 Å². The second-order valence-corrected chi connectivity index (χ2v) is 3.97. The van der Waals surface area contributed by atoms with Crippen molar-refractivity contribution in [1.29, 1.82) is 0 Å². The van der Waals surface area contributed by atoms with E-state index in [2.05, 4.69) is 4.74 Å². The summed E-state index contributed by atoms with van der Waals surface area (Å²) >= 11 is 15.7. The Morgan fingerprint density at radius 1 is 1.56 bits per heavy atom. The Kier molecular flexibility index (Phi) is 1.92. The van der Waals surface area contributed by atoms with Gasteiger partial charge in [0.1, 0.15) is 6.10 Å². The lowest BCUT2D eigenvalue weighted by Gasteiger charge is -2.04. The van der Waals surface area contributed by atoms with Gasteiger partial charge in [0.25, 0.3) is 3.79 Å². The number of Topliss-reactive ketones (excluding diaryl/α,β-unsaturated/α-hetero) is 1.